The van der Waals surface area contributed by atoms with Crippen LogP contribution in [-0.4, -0.2) is 43.8 Å². The van der Waals surface area contributed by atoms with Crippen molar-refractivity contribution in [1.82, 2.24) is 4.98 Å². The standard InChI is InChI=1S/C23H23N3O3S/c27-21(16-2-4-19-15(10-16)6-9-29-19)24-17-3-5-20-18(11-17)25-22(30-20)26-8-1-7-23(12-26)13-28-14-23/h2-5,10-11H,1,6-9,12-14H2,(H,24,27). The predicted molar refractivity (Wildman–Crippen MR) is 118 cm³/mol. The highest BCUT2D eigenvalue weighted by Gasteiger charge is 2.42. The van der Waals surface area contributed by atoms with E-state index in [1.54, 1.807) is 11.3 Å². The quantitative estimate of drug-likeness (QED) is 0.690. The Morgan fingerprint density at radius 3 is 3.00 bits per heavy atom. The van der Waals surface area contributed by atoms with Crippen LogP contribution < -0.4 is 15.0 Å². The third-order valence-electron chi connectivity index (χ3n) is 6.33. The Kier molecular flexibility index (Phi) is 4.21. The number of hydrogen-bond acceptors (Lipinski definition) is 6. The van der Waals surface area contributed by atoms with Crippen molar-refractivity contribution >= 4 is 38.3 Å². The minimum absolute atomic E-state index is 0.109. The summed E-state index contributed by atoms with van der Waals surface area (Å²) in [5, 5.41) is 4.08. The number of rotatable bonds is 3. The number of anilines is 2. The Labute approximate surface area is 178 Å². The Morgan fingerprint density at radius 1 is 1.20 bits per heavy atom. The third-order valence-corrected chi connectivity index (χ3v) is 7.43. The number of ether oxygens (including phenoxy) is 2. The highest BCUT2D eigenvalue weighted by molar-refractivity contribution is 7.22. The van der Waals surface area contributed by atoms with E-state index >= 15 is 0 Å². The Balaban J connectivity index is 1.21. The average Bonchev–Trinajstić information content (AvgIpc) is 3.38. The molecule has 7 heteroatoms. The largest absolute Gasteiger partial charge is 0.493 e. The van der Waals surface area contributed by atoms with Crippen LogP contribution in [0.15, 0.2) is 36.4 Å². The van der Waals surface area contributed by atoms with Crippen LogP contribution in [0.4, 0.5) is 10.8 Å². The van der Waals surface area contributed by atoms with Crippen molar-refractivity contribution in [2.24, 2.45) is 5.41 Å². The first-order chi connectivity index (χ1) is 14.7. The summed E-state index contributed by atoms with van der Waals surface area (Å²) in [6.07, 6.45) is 3.29. The Hall–Kier alpha value is -2.64. The smallest absolute Gasteiger partial charge is 0.255 e. The van der Waals surface area contributed by atoms with Crippen LogP contribution in [0.5, 0.6) is 5.75 Å². The number of carbonyl (C=O) groups is 1. The molecule has 0 aliphatic carbocycles. The number of amides is 1. The highest BCUT2D eigenvalue weighted by Crippen LogP contribution is 2.40. The van der Waals surface area contributed by atoms with Crippen LogP contribution in [0.3, 0.4) is 0 Å². The number of aromatic nitrogens is 1. The Bertz CT molecular complexity index is 1140. The van der Waals surface area contributed by atoms with Gasteiger partial charge >= 0.3 is 0 Å². The molecule has 4 heterocycles. The zero-order chi connectivity index (χ0) is 20.1. The maximum atomic E-state index is 12.7. The molecule has 0 atom stereocenters. The summed E-state index contributed by atoms with van der Waals surface area (Å²) in [4.78, 5) is 20.0. The summed E-state index contributed by atoms with van der Waals surface area (Å²) in [7, 11) is 0. The molecular formula is C23H23N3O3S. The molecule has 0 unspecified atom stereocenters. The van der Waals surface area contributed by atoms with Crippen LogP contribution in [0.25, 0.3) is 10.2 Å². The van der Waals surface area contributed by atoms with Gasteiger partial charge in [0.2, 0.25) is 0 Å². The molecule has 2 aromatic carbocycles. The molecule has 2 fully saturated rings. The van der Waals surface area contributed by atoms with E-state index in [1.807, 2.05) is 30.3 Å². The number of nitrogens with one attached hydrogen (secondary N) is 1. The molecule has 1 N–H and O–H groups in total. The molecule has 0 bridgehead atoms. The van der Waals surface area contributed by atoms with Crippen molar-refractivity contribution in [2.45, 2.75) is 19.3 Å². The predicted octanol–water partition coefficient (Wildman–Crippen LogP) is 4.10. The van der Waals surface area contributed by atoms with Crippen LogP contribution in [0, 0.1) is 5.41 Å². The summed E-state index contributed by atoms with van der Waals surface area (Å²) >= 11 is 1.72. The second kappa shape index (κ2) is 6.96. The van der Waals surface area contributed by atoms with Gasteiger partial charge in [-0.1, -0.05) is 11.3 Å². The lowest BCUT2D eigenvalue weighted by Gasteiger charge is -2.48. The topological polar surface area (TPSA) is 63.7 Å². The van der Waals surface area contributed by atoms with Gasteiger partial charge in [0.15, 0.2) is 5.13 Å². The van der Waals surface area contributed by atoms with E-state index in [4.69, 9.17) is 14.5 Å². The summed E-state index contributed by atoms with van der Waals surface area (Å²) in [6, 6.07) is 11.6. The number of piperidine rings is 1. The van der Waals surface area contributed by atoms with Gasteiger partial charge in [-0.05, 0) is 54.8 Å². The van der Waals surface area contributed by atoms with E-state index < -0.39 is 0 Å². The van der Waals surface area contributed by atoms with Gasteiger partial charge in [0.05, 0.1) is 30.0 Å². The first-order valence-corrected chi connectivity index (χ1v) is 11.3. The van der Waals surface area contributed by atoms with E-state index in [9.17, 15) is 4.79 Å². The zero-order valence-electron chi connectivity index (χ0n) is 16.6. The molecule has 1 spiro atoms. The molecule has 6 rings (SSSR count). The zero-order valence-corrected chi connectivity index (χ0v) is 17.5. The summed E-state index contributed by atoms with van der Waals surface area (Å²) in [6.45, 7) is 4.51. The number of fused-ring (bicyclic) bond motifs is 2. The van der Waals surface area contributed by atoms with E-state index in [-0.39, 0.29) is 5.91 Å². The molecule has 0 radical (unpaired) electrons. The lowest BCUT2D eigenvalue weighted by atomic mass is 9.78. The van der Waals surface area contributed by atoms with E-state index in [2.05, 4.69) is 16.3 Å². The van der Waals surface area contributed by atoms with Crippen LogP contribution in [-0.2, 0) is 11.2 Å². The maximum Gasteiger partial charge on any atom is 0.255 e. The van der Waals surface area contributed by atoms with Gasteiger partial charge in [-0.25, -0.2) is 4.98 Å². The Morgan fingerprint density at radius 2 is 2.13 bits per heavy atom. The lowest BCUT2D eigenvalue weighted by Crippen LogP contribution is -2.54. The van der Waals surface area contributed by atoms with Gasteiger partial charge in [0.1, 0.15) is 5.75 Å². The minimum atomic E-state index is -0.109. The van der Waals surface area contributed by atoms with Gasteiger partial charge in [0.25, 0.3) is 5.91 Å². The van der Waals surface area contributed by atoms with Crippen molar-refractivity contribution in [1.29, 1.82) is 0 Å². The van der Waals surface area contributed by atoms with Gasteiger partial charge in [-0.3, -0.25) is 4.79 Å². The maximum absolute atomic E-state index is 12.7. The van der Waals surface area contributed by atoms with Crippen molar-refractivity contribution in [3.05, 3.63) is 47.5 Å². The highest BCUT2D eigenvalue weighted by atomic mass is 32.1. The number of thiazole rings is 1. The molecule has 3 aliphatic heterocycles. The van der Waals surface area contributed by atoms with Gasteiger partial charge in [-0.2, -0.15) is 0 Å². The molecule has 1 amide bonds. The van der Waals surface area contributed by atoms with Gasteiger partial charge in [-0.15, -0.1) is 0 Å². The molecule has 3 aromatic rings. The monoisotopic (exact) mass is 421 g/mol. The summed E-state index contributed by atoms with van der Waals surface area (Å²) in [5.74, 6) is 0.776. The minimum Gasteiger partial charge on any atom is -0.493 e. The lowest BCUT2D eigenvalue weighted by molar-refractivity contribution is -0.117. The van der Waals surface area contributed by atoms with Crippen molar-refractivity contribution in [3.63, 3.8) is 0 Å². The summed E-state index contributed by atoms with van der Waals surface area (Å²) < 4.78 is 12.1. The fourth-order valence-corrected chi connectivity index (χ4v) is 5.63. The second-order valence-electron chi connectivity index (χ2n) is 8.57. The van der Waals surface area contributed by atoms with Gasteiger partial charge in [0, 0.05) is 36.2 Å². The molecule has 6 nitrogen and oxygen atoms in total. The second-order valence-corrected chi connectivity index (χ2v) is 9.58. The van der Waals surface area contributed by atoms with Crippen molar-refractivity contribution < 1.29 is 14.3 Å². The molecule has 30 heavy (non-hydrogen) atoms. The number of hydrogen-bond donors (Lipinski definition) is 1. The fourth-order valence-electron chi connectivity index (χ4n) is 4.66. The van der Waals surface area contributed by atoms with Crippen LogP contribution in [0.1, 0.15) is 28.8 Å². The molecule has 3 aliphatic rings. The normalized spacial score (nSPS) is 19.4. The van der Waals surface area contributed by atoms with Crippen LogP contribution in [0.2, 0.25) is 0 Å². The van der Waals surface area contributed by atoms with E-state index in [0.29, 0.717) is 17.6 Å². The van der Waals surface area contributed by atoms with E-state index in [1.165, 1.54) is 12.8 Å². The first-order valence-electron chi connectivity index (χ1n) is 10.5. The van der Waals surface area contributed by atoms with Crippen molar-refractivity contribution in [2.75, 3.05) is 43.1 Å². The van der Waals surface area contributed by atoms with Gasteiger partial charge < -0.3 is 19.7 Å². The molecule has 2 saturated heterocycles. The summed E-state index contributed by atoms with van der Waals surface area (Å²) in [5.41, 5.74) is 3.78. The molecular weight excluding hydrogens is 398 g/mol. The first kappa shape index (κ1) is 18.2. The van der Waals surface area contributed by atoms with Crippen molar-refractivity contribution in [3.8, 4) is 5.75 Å². The number of carbonyl (C=O) groups excluding carboxylic acids is 1. The third kappa shape index (κ3) is 3.13. The molecule has 0 saturated carbocycles. The number of nitrogens with zero attached hydrogens (tertiary/aromatic N) is 2. The number of benzene rings is 2. The fraction of sp³-hybridized carbons (Fsp3) is 0.391. The molecule has 1 aromatic heterocycles. The van der Waals surface area contributed by atoms with E-state index in [0.717, 1.165) is 65.1 Å². The van der Waals surface area contributed by atoms with Crippen LogP contribution >= 0.6 is 11.3 Å². The molecule has 154 valence electrons. The average molecular weight is 422 g/mol. The SMILES string of the molecule is O=C(Nc1ccc2sc(N3CCCC4(COC4)C3)nc2c1)c1ccc2c(c1)CCO2.